The number of rotatable bonds is 4. The van der Waals surface area contributed by atoms with Gasteiger partial charge in [-0.05, 0) is 43.9 Å². The van der Waals surface area contributed by atoms with Crippen LogP contribution in [0.1, 0.15) is 11.6 Å². The van der Waals surface area contributed by atoms with Gasteiger partial charge in [-0.2, -0.15) is 0 Å². The smallest absolute Gasteiger partial charge is 0.244 e. The molecule has 1 amide bonds. The van der Waals surface area contributed by atoms with Gasteiger partial charge in [-0.15, -0.1) is 0 Å². The van der Waals surface area contributed by atoms with Gasteiger partial charge in [0, 0.05) is 44.3 Å². The number of amides is 1. The minimum Gasteiger partial charge on any atom is -0.368 e. The Balaban J connectivity index is 1.70. The van der Waals surface area contributed by atoms with Gasteiger partial charge in [-0.3, -0.25) is 14.7 Å². The van der Waals surface area contributed by atoms with E-state index in [1.165, 1.54) is 12.1 Å². The number of piperazine rings is 1. The molecule has 1 aliphatic heterocycles. The second kappa shape index (κ2) is 7.61. The molecule has 1 atom stereocenters. The van der Waals surface area contributed by atoms with Crippen molar-refractivity contribution < 1.29 is 9.18 Å². The Hall–Kier alpha value is -2.47. The van der Waals surface area contributed by atoms with E-state index in [1.54, 1.807) is 24.5 Å². The maximum atomic E-state index is 13.6. The first-order chi connectivity index (χ1) is 12.1. The van der Waals surface area contributed by atoms with Crippen LogP contribution in [-0.2, 0) is 4.79 Å². The summed E-state index contributed by atoms with van der Waals surface area (Å²) in [7, 11) is 3.70. The number of anilines is 1. The number of likely N-dealkylation sites (N-methyl/N-ethyl adjacent to an activating group) is 1. The molecule has 0 bridgehead atoms. The summed E-state index contributed by atoms with van der Waals surface area (Å²) in [5.74, 6) is -0.301. The molecule has 0 aliphatic carbocycles. The van der Waals surface area contributed by atoms with Crippen LogP contribution in [0.15, 0.2) is 48.8 Å². The monoisotopic (exact) mass is 342 g/mol. The summed E-state index contributed by atoms with van der Waals surface area (Å²) < 4.78 is 13.6. The lowest BCUT2D eigenvalue weighted by Gasteiger charge is -2.38. The Labute approximate surface area is 147 Å². The molecule has 2 heterocycles. The standard InChI is InChI=1S/C19H23FN4O/c1-22(2)18(15-4-3-5-16(20)14-15)19(25)24-12-10-23(11-13-24)17-6-8-21-9-7-17/h3-9,14,18H,10-13H2,1-2H3/t18-/m0/s1. The lowest BCUT2D eigenvalue weighted by Crippen LogP contribution is -2.51. The Morgan fingerprint density at radius 2 is 1.80 bits per heavy atom. The molecule has 1 aromatic heterocycles. The summed E-state index contributed by atoms with van der Waals surface area (Å²) >= 11 is 0. The molecule has 2 aromatic rings. The molecule has 5 nitrogen and oxygen atoms in total. The van der Waals surface area contributed by atoms with E-state index in [0.29, 0.717) is 18.7 Å². The number of aromatic nitrogens is 1. The van der Waals surface area contributed by atoms with Crippen molar-refractivity contribution in [2.75, 3.05) is 45.2 Å². The normalized spacial score (nSPS) is 16.2. The SMILES string of the molecule is CN(C)[C@H](C(=O)N1CCN(c2ccncc2)CC1)c1cccc(F)c1. The highest BCUT2D eigenvalue weighted by Crippen LogP contribution is 2.23. The van der Waals surface area contributed by atoms with Crippen molar-refractivity contribution in [2.45, 2.75) is 6.04 Å². The molecule has 0 N–H and O–H groups in total. The molecule has 0 radical (unpaired) electrons. The average molecular weight is 342 g/mol. The lowest BCUT2D eigenvalue weighted by molar-refractivity contribution is -0.136. The zero-order valence-corrected chi connectivity index (χ0v) is 14.6. The van der Waals surface area contributed by atoms with E-state index in [2.05, 4.69) is 9.88 Å². The quantitative estimate of drug-likeness (QED) is 0.854. The van der Waals surface area contributed by atoms with E-state index in [0.717, 1.165) is 18.8 Å². The largest absolute Gasteiger partial charge is 0.368 e. The molecule has 6 heteroatoms. The van der Waals surface area contributed by atoms with Gasteiger partial charge < -0.3 is 9.80 Å². The van der Waals surface area contributed by atoms with Gasteiger partial charge in [-0.25, -0.2) is 4.39 Å². The number of nitrogens with zero attached hydrogens (tertiary/aromatic N) is 4. The van der Waals surface area contributed by atoms with Gasteiger partial charge in [0.05, 0.1) is 0 Å². The predicted molar refractivity (Wildman–Crippen MR) is 95.9 cm³/mol. The van der Waals surface area contributed by atoms with Gasteiger partial charge in [0.1, 0.15) is 11.9 Å². The number of halogens is 1. The van der Waals surface area contributed by atoms with Gasteiger partial charge in [-0.1, -0.05) is 12.1 Å². The van der Waals surface area contributed by atoms with Gasteiger partial charge >= 0.3 is 0 Å². The maximum absolute atomic E-state index is 13.6. The highest BCUT2D eigenvalue weighted by atomic mass is 19.1. The fourth-order valence-corrected chi connectivity index (χ4v) is 3.25. The van der Waals surface area contributed by atoms with E-state index in [9.17, 15) is 9.18 Å². The second-order valence-corrected chi connectivity index (χ2v) is 6.44. The highest BCUT2D eigenvalue weighted by Gasteiger charge is 2.30. The Bertz CT molecular complexity index is 714. The molecule has 0 spiro atoms. The molecular weight excluding hydrogens is 319 g/mol. The zero-order chi connectivity index (χ0) is 17.8. The van der Waals surface area contributed by atoms with Crippen LogP contribution in [0.4, 0.5) is 10.1 Å². The zero-order valence-electron chi connectivity index (χ0n) is 14.6. The Morgan fingerprint density at radius 3 is 2.40 bits per heavy atom. The number of hydrogen-bond donors (Lipinski definition) is 0. The number of hydrogen-bond acceptors (Lipinski definition) is 4. The third-order valence-corrected chi connectivity index (χ3v) is 4.53. The van der Waals surface area contributed by atoms with Crippen LogP contribution in [0.2, 0.25) is 0 Å². The molecule has 1 fully saturated rings. The predicted octanol–water partition coefficient (Wildman–Crippen LogP) is 2.17. The summed E-state index contributed by atoms with van der Waals surface area (Å²) in [5.41, 5.74) is 1.81. The molecule has 1 saturated heterocycles. The summed E-state index contributed by atoms with van der Waals surface area (Å²) in [6, 6.07) is 9.78. The Morgan fingerprint density at radius 1 is 1.12 bits per heavy atom. The maximum Gasteiger partial charge on any atom is 0.244 e. The number of carbonyl (C=O) groups excluding carboxylic acids is 1. The summed E-state index contributed by atoms with van der Waals surface area (Å²) in [4.78, 5) is 23.0. The first-order valence-electron chi connectivity index (χ1n) is 8.42. The number of carbonyl (C=O) groups is 1. The van der Waals surface area contributed by atoms with Crippen molar-refractivity contribution in [3.8, 4) is 0 Å². The van der Waals surface area contributed by atoms with Crippen molar-refractivity contribution in [1.82, 2.24) is 14.8 Å². The van der Waals surface area contributed by atoms with E-state index in [4.69, 9.17) is 0 Å². The van der Waals surface area contributed by atoms with Crippen molar-refractivity contribution in [3.63, 3.8) is 0 Å². The second-order valence-electron chi connectivity index (χ2n) is 6.44. The van der Waals surface area contributed by atoms with Crippen LogP contribution >= 0.6 is 0 Å². The fraction of sp³-hybridized carbons (Fsp3) is 0.368. The number of benzene rings is 1. The molecule has 132 valence electrons. The van der Waals surface area contributed by atoms with Gasteiger partial charge in [0.25, 0.3) is 0 Å². The molecule has 0 saturated carbocycles. The lowest BCUT2D eigenvalue weighted by atomic mass is 10.0. The molecule has 1 aromatic carbocycles. The first-order valence-corrected chi connectivity index (χ1v) is 8.42. The van der Waals surface area contributed by atoms with Crippen molar-refractivity contribution in [3.05, 3.63) is 60.2 Å². The minimum absolute atomic E-state index is 0.0185. The van der Waals surface area contributed by atoms with Crippen molar-refractivity contribution in [2.24, 2.45) is 0 Å². The molecule has 3 rings (SSSR count). The first kappa shape index (κ1) is 17.4. The third-order valence-electron chi connectivity index (χ3n) is 4.53. The Kier molecular flexibility index (Phi) is 5.28. The fourth-order valence-electron chi connectivity index (χ4n) is 3.25. The topological polar surface area (TPSA) is 39.7 Å². The summed E-state index contributed by atoms with van der Waals surface area (Å²) in [6.45, 7) is 2.86. The third kappa shape index (κ3) is 3.96. The van der Waals surface area contributed by atoms with Gasteiger partial charge in [0.15, 0.2) is 0 Å². The van der Waals surface area contributed by atoms with Crippen LogP contribution in [-0.4, -0.2) is 61.0 Å². The van der Waals surface area contributed by atoms with E-state index in [-0.39, 0.29) is 11.7 Å². The van der Waals surface area contributed by atoms with E-state index in [1.807, 2.05) is 36.0 Å². The van der Waals surface area contributed by atoms with Crippen molar-refractivity contribution in [1.29, 1.82) is 0 Å². The molecule has 25 heavy (non-hydrogen) atoms. The van der Waals surface area contributed by atoms with Crippen molar-refractivity contribution >= 4 is 11.6 Å². The van der Waals surface area contributed by atoms with Crippen LogP contribution in [0, 0.1) is 5.82 Å². The van der Waals surface area contributed by atoms with Crippen LogP contribution in [0.3, 0.4) is 0 Å². The minimum atomic E-state index is -0.469. The van der Waals surface area contributed by atoms with Crippen LogP contribution in [0.5, 0.6) is 0 Å². The number of pyridine rings is 1. The molecular formula is C19H23FN4O. The van der Waals surface area contributed by atoms with Crippen LogP contribution < -0.4 is 4.90 Å². The van der Waals surface area contributed by atoms with Gasteiger partial charge in [0.2, 0.25) is 5.91 Å². The molecule has 0 unspecified atom stereocenters. The summed E-state index contributed by atoms with van der Waals surface area (Å²) in [6.07, 6.45) is 3.55. The summed E-state index contributed by atoms with van der Waals surface area (Å²) in [5, 5.41) is 0. The highest BCUT2D eigenvalue weighted by molar-refractivity contribution is 5.83. The average Bonchev–Trinajstić information content (AvgIpc) is 2.62. The molecule has 1 aliphatic rings. The van der Waals surface area contributed by atoms with Crippen LogP contribution in [0.25, 0.3) is 0 Å². The van der Waals surface area contributed by atoms with E-state index >= 15 is 0 Å². The van der Waals surface area contributed by atoms with E-state index < -0.39 is 6.04 Å².